The molecular weight excluding hydrogens is 461 g/mol. The van der Waals surface area contributed by atoms with E-state index in [0.717, 1.165) is 54.2 Å². The molecule has 0 atom stereocenters. The first-order chi connectivity index (χ1) is 14.5. The number of thiazole rings is 1. The van der Waals surface area contributed by atoms with Crippen molar-refractivity contribution in [3.8, 4) is 11.3 Å². The summed E-state index contributed by atoms with van der Waals surface area (Å²) in [5.74, 6) is 0.251. The van der Waals surface area contributed by atoms with Gasteiger partial charge >= 0.3 is 0 Å². The molecule has 0 saturated carbocycles. The van der Waals surface area contributed by atoms with Crippen LogP contribution in [0.1, 0.15) is 19.3 Å². The van der Waals surface area contributed by atoms with Gasteiger partial charge in [-0.15, -0.1) is 11.3 Å². The van der Waals surface area contributed by atoms with Crippen LogP contribution in [0.3, 0.4) is 0 Å². The highest BCUT2D eigenvalue weighted by Crippen LogP contribution is 2.29. The van der Waals surface area contributed by atoms with Crippen molar-refractivity contribution in [1.82, 2.24) is 9.47 Å². The molecule has 1 aliphatic heterocycles. The van der Waals surface area contributed by atoms with Gasteiger partial charge in [0.05, 0.1) is 21.4 Å². The van der Waals surface area contributed by atoms with E-state index in [1.54, 1.807) is 17.4 Å². The van der Waals surface area contributed by atoms with Gasteiger partial charge < -0.3 is 9.47 Å². The van der Waals surface area contributed by atoms with Crippen molar-refractivity contribution in [2.45, 2.75) is 25.8 Å². The van der Waals surface area contributed by atoms with Crippen LogP contribution in [0.15, 0.2) is 52.8 Å². The molecule has 0 bridgehead atoms. The highest BCUT2D eigenvalue weighted by molar-refractivity contribution is 7.07. The third kappa shape index (κ3) is 4.92. The Bertz CT molecular complexity index is 1120. The van der Waals surface area contributed by atoms with E-state index in [1.807, 2.05) is 41.3 Å². The quantitative estimate of drug-likeness (QED) is 0.401. The summed E-state index contributed by atoms with van der Waals surface area (Å²) in [7, 11) is 0. The molecule has 0 aliphatic carbocycles. The predicted molar refractivity (Wildman–Crippen MR) is 125 cm³/mol. The molecule has 1 saturated heterocycles. The first-order valence-corrected chi connectivity index (χ1v) is 11.7. The molecule has 2 heterocycles. The molecule has 1 fully saturated rings. The molecule has 30 heavy (non-hydrogen) atoms. The fraction of sp³-hybridized carbons (Fsp3) is 0.273. The Labute approximate surface area is 194 Å². The fourth-order valence-corrected chi connectivity index (χ4v) is 4.89. The van der Waals surface area contributed by atoms with Crippen LogP contribution < -0.4 is 4.80 Å². The minimum atomic E-state index is 0.251. The van der Waals surface area contributed by atoms with E-state index < -0.39 is 0 Å². The molecule has 1 aliphatic rings. The number of nitrogens with zero attached hydrogens (tertiary/aromatic N) is 3. The monoisotopic (exact) mass is 479 g/mol. The topological polar surface area (TPSA) is 37.6 Å². The van der Waals surface area contributed by atoms with Crippen molar-refractivity contribution in [3.63, 3.8) is 0 Å². The molecule has 1 amide bonds. The van der Waals surface area contributed by atoms with Crippen LogP contribution in [-0.2, 0) is 11.3 Å². The molecule has 1 aromatic heterocycles. The van der Waals surface area contributed by atoms with Crippen LogP contribution in [0.25, 0.3) is 11.3 Å². The average molecular weight is 481 g/mol. The third-order valence-electron chi connectivity index (χ3n) is 5.05. The Morgan fingerprint density at radius 2 is 1.80 bits per heavy atom. The SMILES string of the molecule is O=C1CCCN1CCCn1c(-c2ccc(Cl)c(Cl)c2)csc1=Nc1ccc(Cl)cc1. The van der Waals surface area contributed by atoms with Gasteiger partial charge in [0.2, 0.25) is 5.91 Å². The molecule has 0 radical (unpaired) electrons. The van der Waals surface area contributed by atoms with Gasteiger partial charge in [0.1, 0.15) is 0 Å². The number of aromatic nitrogens is 1. The zero-order valence-electron chi connectivity index (χ0n) is 16.2. The summed E-state index contributed by atoms with van der Waals surface area (Å²) in [6.07, 6.45) is 2.47. The second-order valence-electron chi connectivity index (χ2n) is 7.11. The first-order valence-electron chi connectivity index (χ1n) is 9.73. The Morgan fingerprint density at radius 1 is 1.00 bits per heavy atom. The maximum absolute atomic E-state index is 11.9. The number of hydrogen-bond donors (Lipinski definition) is 0. The van der Waals surface area contributed by atoms with Gasteiger partial charge in [-0.1, -0.05) is 40.9 Å². The van der Waals surface area contributed by atoms with Gasteiger partial charge in [-0.05, 0) is 49.2 Å². The van der Waals surface area contributed by atoms with E-state index in [-0.39, 0.29) is 5.91 Å². The Balaban J connectivity index is 1.67. The second-order valence-corrected chi connectivity index (χ2v) is 9.20. The Morgan fingerprint density at radius 3 is 2.50 bits per heavy atom. The number of hydrogen-bond acceptors (Lipinski definition) is 3. The lowest BCUT2D eigenvalue weighted by atomic mass is 10.1. The van der Waals surface area contributed by atoms with Crippen molar-refractivity contribution in [2.75, 3.05) is 13.1 Å². The average Bonchev–Trinajstić information content (AvgIpc) is 3.32. The summed E-state index contributed by atoms with van der Waals surface area (Å²) in [6.45, 7) is 2.35. The standard InChI is InChI=1S/C22H20Cl3N3OS/c23-16-5-7-17(8-6-16)26-22-28(12-2-11-27-10-1-3-21(27)29)20(14-30-22)15-4-9-18(24)19(25)13-15/h4-9,13-14H,1-3,10-12H2. The maximum Gasteiger partial charge on any atom is 0.222 e. The molecule has 0 spiro atoms. The van der Waals surface area contributed by atoms with Gasteiger partial charge in [0.25, 0.3) is 0 Å². The van der Waals surface area contributed by atoms with E-state index >= 15 is 0 Å². The van der Waals surface area contributed by atoms with Crippen LogP contribution in [-0.4, -0.2) is 28.5 Å². The van der Waals surface area contributed by atoms with Crippen molar-refractivity contribution >= 4 is 57.7 Å². The van der Waals surface area contributed by atoms with E-state index in [2.05, 4.69) is 9.95 Å². The van der Waals surface area contributed by atoms with Crippen molar-refractivity contribution in [1.29, 1.82) is 0 Å². The molecule has 2 aromatic carbocycles. The molecule has 4 rings (SSSR count). The van der Waals surface area contributed by atoms with Crippen molar-refractivity contribution < 1.29 is 4.79 Å². The number of carbonyl (C=O) groups is 1. The lowest BCUT2D eigenvalue weighted by molar-refractivity contribution is -0.127. The van der Waals surface area contributed by atoms with Crippen LogP contribution in [0.4, 0.5) is 5.69 Å². The summed E-state index contributed by atoms with van der Waals surface area (Å²) in [6, 6.07) is 13.1. The number of halogens is 3. The minimum Gasteiger partial charge on any atom is -0.343 e. The van der Waals surface area contributed by atoms with Crippen LogP contribution in [0.5, 0.6) is 0 Å². The van der Waals surface area contributed by atoms with Gasteiger partial charge in [0, 0.05) is 42.0 Å². The molecule has 8 heteroatoms. The van der Waals surface area contributed by atoms with Crippen molar-refractivity contribution in [2.24, 2.45) is 4.99 Å². The molecule has 3 aromatic rings. The highest BCUT2D eigenvalue weighted by atomic mass is 35.5. The smallest absolute Gasteiger partial charge is 0.222 e. The second kappa shape index (κ2) is 9.56. The Kier molecular flexibility index (Phi) is 6.84. The van der Waals surface area contributed by atoms with Crippen LogP contribution in [0, 0.1) is 0 Å². The van der Waals surface area contributed by atoms with E-state index in [1.165, 1.54) is 0 Å². The van der Waals surface area contributed by atoms with E-state index in [4.69, 9.17) is 39.8 Å². The van der Waals surface area contributed by atoms with Crippen molar-refractivity contribution in [3.05, 3.63) is 67.7 Å². The number of amides is 1. The lowest BCUT2D eigenvalue weighted by Gasteiger charge is -2.16. The molecule has 0 unspecified atom stereocenters. The molecule has 0 N–H and O–H groups in total. The van der Waals surface area contributed by atoms with Gasteiger partial charge in [-0.25, -0.2) is 4.99 Å². The van der Waals surface area contributed by atoms with E-state index in [9.17, 15) is 4.79 Å². The summed E-state index contributed by atoms with van der Waals surface area (Å²) in [5, 5.41) is 3.81. The summed E-state index contributed by atoms with van der Waals surface area (Å²) in [5.41, 5.74) is 2.85. The fourth-order valence-electron chi connectivity index (χ4n) is 3.51. The van der Waals surface area contributed by atoms with E-state index in [0.29, 0.717) is 21.5 Å². The van der Waals surface area contributed by atoms with Gasteiger partial charge in [-0.3, -0.25) is 4.79 Å². The zero-order chi connectivity index (χ0) is 21.1. The number of benzene rings is 2. The highest BCUT2D eigenvalue weighted by Gasteiger charge is 2.19. The zero-order valence-corrected chi connectivity index (χ0v) is 19.2. The molecule has 4 nitrogen and oxygen atoms in total. The first kappa shape index (κ1) is 21.4. The lowest BCUT2D eigenvalue weighted by Crippen LogP contribution is -2.27. The summed E-state index contributed by atoms with van der Waals surface area (Å²) < 4.78 is 2.18. The van der Waals surface area contributed by atoms with Crippen LogP contribution >= 0.6 is 46.1 Å². The maximum atomic E-state index is 11.9. The summed E-state index contributed by atoms with van der Waals surface area (Å²) in [4.78, 5) is 19.6. The summed E-state index contributed by atoms with van der Waals surface area (Å²) >= 11 is 19.9. The van der Waals surface area contributed by atoms with Gasteiger partial charge in [-0.2, -0.15) is 0 Å². The molecule has 156 valence electrons. The Hall–Kier alpha value is -1.79. The normalized spacial score (nSPS) is 14.7. The van der Waals surface area contributed by atoms with Gasteiger partial charge in [0.15, 0.2) is 4.80 Å². The number of rotatable bonds is 6. The predicted octanol–water partition coefficient (Wildman–Crippen LogP) is 6.42. The molecular formula is C22H20Cl3N3OS. The number of carbonyl (C=O) groups excluding carboxylic acids is 1. The minimum absolute atomic E-state index is 0.251. The largest absolute Gasteiger partial charge is 0.343 e. The third-order valence-corrected chi connectivity index (χ3v) is 6.90. The van der Waals surface area contributed by atoms with Crippen LogP contribution in [0.2, 0.25) is 15.1 Å². The number of likely N-dealkylation sites (tertiary alicyclic amines) is 1.